The molecule has 3 nitrogen and oxygen atoms in total. The van der Waals surface area contributed by atoms with Crippen LogP contribution in [0.15, 0.2) is 0 Å². The molecule has 0 aliphatic carbocycles. The first-order valence-corrected chi connectivity index (χ1v) is 5.53. The fourth-order valence-corrected chi connectivity index (χ4v) is 4.11. The minimum Gasteiger partial charge on any atom is -0.302 e. The lowest BCUT2D eigenvalue weighted by atomic mass is 9.95. The van der Waals surface area contributed by atoms with Gasteiger partial charge in [-0.3, -0.25) is 9.11 Å². The van der Waals surface area contributed by atoms with Crippen molar-refractivity contribution in [2.75, 3.05) is 25.9 Å². The van der Waals surface area contributed by atoms with Gasteiger partial charge in [0.2, 0.25) is 0 Å². The minimum absolute atomic E-state index is 0.151. The summed E-state index contributed by atoms with van der Waals surface area (Å²) in [4.78, 5) is 2.13. The normalized spacial score (nSPS) is 37.0. The average molecular weight is 176 g/mol. The van der Waals surface area contributed by atoms with Crippen LogP contribution in [0.25, 0.3) is 0 Å². The van der Waals surface area contributed by atoms with Crippen LogP contribution in [0.2, 0.25) is 0 Å². The molecule has 0 amide bonds. The van der Waals surface area contributed by atoms with Gasteiger partial charge in [0.25, 0.3) is 0 Å². The van der Waals surface area contributed by atoms with E-state index in [0.29, 0.717) is 5.75 Å². The van der Waals surface area contributed by atoms with Crippen molar-refractivity contribution in [3.63, 3.8) is 0 Å². The fourth-order valence-electron chi connectivity index (χ4n) is 2.07. The fraction of sp³-hybridized carbons (Fsp3) is 0.857. The van der Waals surface area contributed by atoms with E-state index in [9.17, 15) is 9.11 Å². The van der Waals surface area contributed by atoms with Gasteiger partial charge in [0.15, 0.2) is 0 Å². The van der Waals surface area contributed by atoms with Gasteiger partial charge in [-0.25, -0.2) is 0 Å². The third kappa shape index (κ3) is 0.935. The summed E-state index contributed by atoms with van der Waals surface area (Å²) in [6.07, 6.45) is 2.90. The van der Waals surface area contributed by atoms with Crippen molar-refractivity contribution in [3.8, 4) is 0 Å². The van der Waals surface area contributed by atoms with E-state index in [1.165, 1.54) is 0 Å². The van der Waals surface area contributed by atoms with E-state index in [1.807, 2.05) is 13.5 Å². The SMILES string of the molecule is CN1CC2(C[CH]CS2(O)O)C1. The van der Waals surface area contributed by atoms with Gasteiger partial charge in [0, 0.05) is 18.8 Å². The van der Waals surface area contributed by atoms with E-state index >= 15 is 0 Å². The second-order valence-corrected chi connectivity index (χ2v) is 6.21. The van der Waals surface area contributed by atoms with Crippen molar-refractivity contribution in [2.24, 2.45) is 0 Å². The summed E-state index contributed by atoms with van der Waals surface area (Å²) >= 11 is 0. The molecule has 2 rings (SSSR count). The third-order valence-corrected chi connectivity index (χ3v) is 5.19. The van der Waals surface area contributed by atoms with E-state index in [0.717, 1.165) is 19.5 Å². The van der Waals surface area contributed by atoms with Crippen LogP contribution < -0.4 is 0 Å². The number of hydrogen-bond acceptors (Lipinski definition) is 3. The van der Waals surface area contributed by atoms with Crippen molar-refractivity contribution in [3.05, 3.63) is 6.42 Å². The van der Waals surface area contributed by atoms with Gasteiger partial charge in [-0.15, -0.1) is 0 Å². The third-order valence-electron chi connectivity index (χ3n) is 2.68. The minimum atomic E-state index is -2.28. The van der Waals surface area contributed by atoms with Crippen molar-refractivity contribution in [1.82, 2.24) is 4.90 Å². The Kier molecular flexibility index (Phi) is 1.52. The van der Waals surface area contributed by atoms with E-state index in [4.69, 9.17) is 0 Å². The van der Waals surface area contributed by atoms with Crippen LogP contribution in [-0.4, -0.2) is 44.6 Å². The summed E-state index contributed by atoms with van der Waals surface area (Å²) in [6, 6.07) is 0. The van der Waals surface area contributed by atoms with Crippen molar-refractivity contribution >= 4 is 10.6 Å². The summed E-state index contributed by atoms with van der Waals surface area (Å²) in [7, 11) is -0.267. The van der Waals surface area contributed by atoms with Crippen LogP contribution in [0.4, 0.5) is 0 Å². The Bertz CT molecular complexity index is 177. The van der Waals surface area contributed by atoms with E-state index in [2.05, 4.69) is 4.90 Å². The first kappa shape index (κ1) is 7.86. The summed E-state index contributed by atoms with van der Waals surface area (Å²) in [5, 5.41) is 0. The number of likely N-dealkylation sites (tertiary alicyclic amines) is 1. The monoisotopic (exact) mass is 176 g/mol. The highest BCUT2D eigenvalue weighted by atomic mass is 32.3. The Labute approximate surface area is 68.7 Å². The Morgan fingerprint density at radius 1 is 1.45 bits per heavy atom. The zero-order valence-corrected chi connectivity index (χ0v) is 7.47. The van der Waals surface area contributed by atoms with Crippen molar-refractivity contribution in [2.45, 2.75) is 11.2 Å². The molecular formula is C7H14NO2S. The first-order chi connectivity index (χ1) is 5.06. The van der Waals surface area contributed by atoms with Gasteiger partial charge >= 0.3 is 0 Å². The highest BCUT2D eigenvalue weighted by Gasteiger charge is 2.54. The second kappa shape index (κ2) is 2.13. The summed E-state index contributed by atoms with van der Waals surface area (Å²) in [5.41, 5.74) is 0. The Morgan fingerprint density at radius 2 is 2.09 bits per heavy atom. The lowest BCUT2D eigenvalue weighted by molar-refractivity contribution is 0.150. The molecule has 2 saturated heterocycles. The van der Waals surface area contributed by atoms with Crippen LogP contribution in [0.3, 0.4) is 0 Å². The molecule has 0 atom stereocenters. The van der Waals surface area contributed by atoms with E-state index in [-0.39, 0.29) is 4.75 Å². The molecule has 2 heterocycles. The smallest absolute Gasteiger partial charge is 0.0849 e. The maximum absolute atomic E-state index is 9.66. The lowest BCUT2D eigenvalue weighted by Crippen LogP contribution is -2.60. The molecular weight excluding hydrogens is 162 g/mol. The molecule has 0 unspecified atom stereocenters. The van der Waals surface area contributed by atoms with Gasteiger partial charge < -0.3 is 4.90 Å². The number of hydrogen-bond donors (Lipinski definition) is 2. The summed E-state index contributed by atoms with van der Waals surface area (Å²) in [6.45, 7) is 1.71. The van der Waals surface area contributed by atoms with Crippen LogP contribution in [0.5, 0.6) is 0 Å². The molecule has 11 heavy (non-hydrogen) atoms. The highest BCUT2D eigenvalue weighted by molar-refractivity contribution is 8.25. The molecule has 0 aromatic carbocycles. The van der Waals surface area contributed by atoms with Crippen molar-refractivity contribution in [1.29, 1.82) is 0 Å². The molecule has 2 aliphatic heterocycles. The van der Waals surface area contributed by atoms with Crippen LogP contribution in [-0.2, 0) is 0 Å². The molecule has 4 heteroatoms. The zero-order chi connectivity index (χ0) is 8.11. The molecule has 0 saturated carbocycles. The molecule has 2 aliphatic rings. The van der Waals surface area contributed by atoms with Gasteiger partial charge in [0.05, 0.1) is 4.75 Å². The summed E-state index contributed by atoms with van der Waals surface area (Å²) in [5.74, 6) is 0.515. The Hall–Kier alpha value is 0.230. The number of nitrogens with zero attached hydrogens (tertiary/aromatic N) is 1. The molecule has 1 spiro atoms. The second-order valence-electron chi connectivity index (χ2n) is 3.68. The lowest BCUT2D eigenvalue weighted by Gasteiger charge is -2.55. The quantitative estimate of drug-likeness (QED) is 0.579. The molecule has 0 aromatic heterocycles. The predicted molar refractivity (Wildman–Crippen MR) is 46.9 cm³/mol. The molecule has 0 aromatic rings. The molecule has 2 N–H and O–H groups in total. The highest BCUT2D eigenvalue weighted by Crippen LogP contribution is 2.63. The largest absolute Gasteiger partial charge is 0.302 e. The standard InChI is InChI=1S/C7H14NO2S/c1-8-5-7(6-8)3-2-4-11(7,9)10/h2,9-10H,3-6H2,1H3. The molecule has 2 fully saturated rings. The van der Waals surface area contributed by atoms with Crippen molar-refractivity contribution < 1.29 is 9.11 Å². The van der Waals surface area contributed by atoms with Crippen LogP contribution in [0.1, 0.15) is 6.42 Å². The van der Waals surface area contributed by atoms with Gasteiger partial charge in [-0.05, 0) is 19.9 Å². The maximum atomic E-state index is 9.66. The topological polar surface area (TPSA) is 43.7 Å². The average Bonchev–Trinajstić information content (AvgIpc) is 2.07. The Morgan fingerprint density at radius 3 is 2.45 bits per heavy atom. The predicted octanol–water partition coefficient (Wildman–Crippen LogP) is 1.03. The van der Waals surface area contributed by atoms with Crippen LogP contribution in [0, 0.1) is 6.42 Å². The van der Waals surface area contributed by atoms with E-state index < -0.39 is 10.6 Å². The number of rotatable bonds is 0. The summed E-state index contributed by atoms with van der Waals surface area (Å²) < 4.78 is 19.2. The molecule has 1 radical (unpaired) electrons. The van der Waals surface area contributed by atoms with E-state index in [1.54, 1.807) is 0 Å². The molecule has 0 bridgehead atoms. The van der Waals surface area contributed by atoms with Crippen LogP contribution >= 0.6 is 10.6 Å². The Balaban J connectivity index is 2.14. The zero-order valence-electron chi connectivity index (χ0n) is 6.66. The van der Waals surface area contributed by atoms with Gasteiger partial charge in [0.1, 0.15) is 0 Å². The van der Waals surface area contributed by atoms with Gasteiger partial charge in [-0.1, -0.05) is 0 Å². The maximum Gasteiger partial charge on any atom is 0.0849 e. The van der Waals surface area contributed by atoms with Gasteiger partial charge in [-0.2, -0.15) is 10.6 Å². The molecule has 65 valence electrons. The first-order valence-electron chi connectivity index (χ1n) is 3.81.